The Hall–Kier alpha value is 0.964. The first-order valence-electron chi connectivity index (χ1n) is 5.63. The lowest BCUT2D eigenvalue weighted by atomic mass is 11.8. The fourth-order valence-electron chi connectivity index (χ4n) is 1.50. The summed E-state index contributed by atoms with van der Waals surface area (Å²) in [6.45, 7) is 17.6. The Bertz CT molecular complexity index is 167. The normalized spacial score (nSPS) is 13.5. The molecule has 0 unspecified atom stereocenters. The molecule has 0 aromatic rings. The van der Waals surface area contributed by atoms with Crippen LogP contribution >= 0.6 is 0 Å². The van der Waals surface area contributed by atoms with Gasteiger partial charge in [-0.2, -0.15) is 0 Å². The van der Waals surface area contributed by atoms with E-state index in [1.54, 1.807) is 0 Å². The van der Waals surface area contributed by atoms with Gasteiger partial charge in [-0.15, -0.1) is 0 Å². The summed E-state index contributed by atoms with van der Waals surface area (Å²) in [7, 11) is -2.86. The van der Waals surface area contributed by atoms with Crippen molar-refractivity contribution in [1.82, 2.24) is 0 Å². The largest absolute Gasteiger partial charge is 0.471 e. The van der Waals surface area contributed by atoms with Gasteiger partial charge < -0.3 is 12.3 Å². The van der Waals surface area contributed by atoms with E-state index in [4.69, 9.17) is 8.23 Å². The van der Waals surface area contributed by atoms with Crippen LogP contribution in [-0.2, 0) is 12.3 Å². The minimum Gasteiger partial charge on any atom is -0.471 e. The molecule has 0 aliphatic heterocycles. The lowest BCUT2D eigenvalue weighted by Gasteiger charge is -2.35. The van der Waals surface area contributed by atoms with Gasteiger partial charge in [-0.1, -0.05) is 0 Å². The van der Waals surface area contributed by atoms with Crippen LogP contribution in [0.3, 0.4) is 0 Å². The first-order chi connectivity index (χ1) is 6.83. The van der Waals surface area contributed by atoms with Crippen molar-refractivity contribution in [2.24, 2.45) is 0 Å². The molecule has 0 heterocycles. The summed E-state index contributed by atoms with van der Waals surface area (Å²) in [5.41, 5.74) is 0. The highest BCUT2D eigenvalue weighted by atomic mass is 28.5. The van der Waals surface area contributed by atoms with Crippen LogP contribution in [0.4, 0.5) is 0 Å². The Morgan fingerprint density at radius 2 is 0.812 bits per heavy atom. The average Bonchev–Trinajstić information content (AvgIpc) is 1.73. The highest BCUT2D eigenvalue weighted by Gasteiger charge is 2.35. The quantitative estimate of drug-likeness (QED) is 0.723. The number of hydrogen-bond donors (Lipinski definition) is 0. The molecule has 100 valence electrons. The smallest absolute Gasteiger partial charge is 0.311 e. The monoisotopic (exact) mass is 314 g/mol. The maximum atomic E-state index is 6.09. The van der Waals surface area contributed by atoms with Crippen LogP contribution in [-0.4, -0.2) is 46.2 Å². The van der Waals surface area contributed by atoms with E-state index in [1.807, 2.05) is 0 Å². The Morgan fingerprint density at radius 1 is 0.625 bits per heavy atom. The van der Waals surface area contributed by atoms with Gasteiger partial charge in [0.25, 0.3) is 0 Å². The summed E-state index contributed by atoms with van der Waals surface area (Å²) in [5, 5.41) is 0. The second-order valence-electron chi connectivity index (χ2n) is 6.24. The van der Waals surface area contributed by atoms with Gasteiger partial charge in [-0.3, -0.25) is 0 Å². The molecule has 0 radical (unpaired) electrons. The zero-order valence-corrected chi connectivity index (χ0v) is 19.7. The lowest BCUT2D eigenvalue weighted by Crippen LogP contribution is -2.50. The molecule has 0 spiro atoms. The maximum Gasteiger partial charge on any atom is 0.311 e. The molecular formula is C8H30O3Si5. The Balaban J connectivity index is 0. The van der Waals surface area contributed by atoms with E-state index >= 15 is 0 Å². The van der Waals surface area contributed by atoms with Gasteiger partial charge in [-0.05, 0) is 52.4 Å². The summed E-state index contributed by atoms with van der Waals surface area (Å²) in [5.74, 6) is 0. The summed E-state index contributed by atoms with van der Waals surface area (Å²) in [6.07, 6.45) is 0. The minimum atomic E-state index is -1.85. The average molecular weight is 315 g/mol. The van der Waals surface area contributed by atoms with Crippen LogP contribution in [0.25, 0.3) is 0 Å². The SMILES string of the molecule is C[Si](C)(C)O[Si](C)(C)O[Si](C)(C)C.[SiH3]O[SiH3]. The second kappa shape index (κ2) is 7.41. The van der Waals surface area contributed by atoms with Gasteiger partial charge in [-0.25, -0.2) is 0 Å². The predicted octanol–water partition coefficient (Wildman–Crippen LogP) is 0.955. The molecule has 0 aromatic carbocycles. The molecule has 0 saturated heterocycles. The number of hydrogen-bond acceptors (Lipinski definition) is 3. The van der Waals surface area contributed by atoms with Crippen molar-refractivity contribution in [1.29, 1.82) is 0 Å². The third-order valence-corrected chi connectivity index (χ3v) is 9.94. The first kappa shape index (κ1) is 19.3. The van der Waals surface area contributed by atoms with E-state index in [1.165, 1.54) is 0 Å². The first-order valence-corrected chi connectivity index (χ1v) is 16.9. The van der Waals surface area contributed by atoms with E-state index in [0.29, 0.717) is 0 Å². The summed E-state index contributed by atoms with van der Waals surface area (Å²) < 4.78 is 16.7. The van der Waals surface area contributed by atoms with Crippen molar-refractivity contribution >= 4 is 46.2 Å². The third kappa shape index (κ3) is 17.4. The molecule has 0 fully saturated rings. The summed E-state index contributed by atoms with van der Waals surface area (Å²) in [4.78, 5) is 0. The van der Waals surface area contributed by atoms with Crippen molar-refractivity contribution in [3.63, 3.8) is 0 Å². The van der Waals surface area contributed by atoms with Crippen LogP contribution < -0.4 is 0 Å². The fraction of sp³-hybridized carbons (Fsp3) is 1.00. The highest BCUT2D eigenvalue weighted by molar-refractivity contribution is 6.87. The van der Waals surface area contributed by atoms with E-state index in [0.717, 1.165) is 21.0 Å². The topological polar surface area (TPSA) is 27.7 Å². The molecule has 0 aromatic heterocycles. The molecule has 0 atom stereocenters. The van der Waals surface area contributed by atoms with E-state index < -0.39 is 25.2 Å². The molecule has 8 heteroatoms. The molecule has 0 aliphatic carbocycles. The molecule has 0 amide bonds. The van der Waals surface area contributed by atoms with Gasteiger partial charge in [0.2, 0.25) is 0 Å². The maximum absolute atomic E-state index is 6.09. The molecule has 0 N–H and O–H groups in total. The van der Waals surface area contributed by atoms with E-state index in [-0.39, 0.29) is 0 Å². The fourth-order valence-corrected chi connectivity index (χ4v) is 13.8. The van der Waals surface area contributed by atoms with Crippen molar-refractivity contribution in [2.45, 2.75) is 52.4 Å². The molecule has 16 heavy (non-hydrogen) atoms. The molecule has 0 saturated carbocycles. The van der Waals surface area contributed by atoms with Crippen LogP contribution in [0.5, 0.6) is 0 Å². The Kier molecular flexibility index (Phi) is 8.94. The lowest BCUT2D eigenvalue weighted by molar-refractivity contribution is 0.395. The van der Waals surface area contributed by atoms with Crippen molar-refractivity contribution in [2.75, 3.05) is 0 Å². The predicted molar refractivity (Wildman–Crippen MR) is 87.3 cm³/mol. The van der Waals surface area contributed by atoms with Crippen molar-refractivity contribution < 1.29 is 12.3 Å². The molecule has 3 nitrogen and oxygen atoms in total. The van der Waals surface area contributed by atoms with Crippen LogP contribution in [0.15, 0.2) is 0 Å². The van der Waals surface area contributed by atoms with Crippen LogP contribution in [0, 0.1) is 0 Å². The molecule has 0 rings (SSSR count). The zero-order chi connectivity index (χ0) is 13.6. The van der Waals surface area contributed by atoms with Crippen molar-refractivity contribution in [3.05, 3.63) is 0 Å². The molecule has 0 bridgehead atoms. The third-order valence-electron chi connectivity index (χ3n) is 1.10. The van der Waals surface area contributed by atoms with Crippen molar-refractivity contribution in [3.8, 4) is 0 Å². The van der Waals surface area contributed by atoms with Crippen LogP contribution in [0.1, 0.15) is 0 Å². The zero-order valence-electron chi connectivity index (χ0n) is 12.7. The van der Waals surface area contributed by atoms with Gasteiger partial charge in [0.05, 0.1) is 0 Å². The van der Waals surface area contributed by atoms with Gasteiger partial charge >= 0.3 is 8.56 Å². The van der Waals surface area contributed by atoms with E-state index in [2.05, 4.69) is 56.5 Å². The summed E-state index contributed by atoms with van der Waals surface area (Å²) >= 11 is 0. The molecular weight excluding hydrogens is 285 g/mol. The van der Waals surface area contributed by atoms with Gasteiger partial charge in [0.15, 0.2) is 16.6 Å². The minimum absolute atomic E-state index is 0.931. The second-order valence-corrected chi connectivity index (χ2v) is 22.4. The standard InChI is InChI=1S/C8H24O2Si3.H6OSi2/c1-11(2,3)9-13(7,8)10-12(4,5)6;2-1-3/h1-8H3;2-3H3. The molecule has 0 aliphatic rings. The van der Waals surface area contributed by atoms with Gasteiger partial charge in [0.1, 0.15) is 21.0 Å². The van der Waals surface area contributed by atoms with Crippen LogP contribution in [0.2, 0.25) is 52.4 Å². The Morgan fingerprint density at radius 3 is 0.938 bits per heavy atom. The van der Waals surface area contributed by atoms with Gasteiger partial charge in [0, 0.05) is 0 Å². The Labute approximate surface area is 111 Å². The number of rotatable bonds is 4. The highest BCUT2D eigenvalue weighted by Crippen LogP contribution is 2.19. The van der Waals surface area contributed by atoms with E-state index in [9.17, 15) is 0 Å². The summed E-state index contributed by atoms with van der Waals surface area (Å²) in [6, 6.07) is 0.